The predicted molar refractivity (Wildman–Crippen MR) is 146 cm³/mol. The molecule has 0 bridgehead atoms. The van der Waals surface area contributed by atoms with Crippen molar-refractivity contribution in [1.82, 2.24) is 9.71 Å². The Hall–Kier alpha value is -2.85. The number of pyridine rings is 1. The Labute approximate surface area is 232 Å². The van der Waals surface area contributed by atoms with E-state index in [0.717, 1.165) is 30.4 Å². The number of sulfonamides is 1. The van der Waals surface area contributed by atoms with E-state index >= 15 is 0 Å². The normalized spacial score (nSPS) is 17.0. The van der Waals surface area contributed by atoms with Crippen molar-refractivity contribution in [3.05, 3.63) is 87.7 Å². The number of halogens is 2. The van der Waals surface area contributed by atoms with Crippen LogP contribution in [0, 0.1) is 5.92 Å². The van der Waals surface area contributed by atoms with Crippen molar-refractivity contribution in [2.45, 2.75) is 36.5 Å². The quantitative estimate of drug-likeness (QED) is 0.305. The number of hydrogen-bond donors (Lipinski definition) is 2. The van der Waals surface area contributed by atoms with Gasteiger partial charge in [-0.05, 0) is 90.6 Å². The SMILES string of the molecule is NC(=O)OCCC1CCc2ccc(OCCNS(=O)(=O)c3cccnc3)cc2C1Cc1ccc(Cl)c(Cl)c1. The van der Waals surface area contributed by atoms with Gasteiger partial charge in [-0.2, -0.15) is 0 Å². The molecule has 8 nitrogen and oxygen atoms in total. The minimum atomic E-state index is -3.66. The second-order valence-corrected chi connectivity index (χ2v) is 11.7. The summed E-state index contributed by atoms with van der Waals surface area (Å²) in [5.74, 6) is 1.02. The number of nitrogens with zero attached hydrogens (tertiary/aromatic N) is 1. The van der Waals surface area contributed by atoms with Crippen LogP contribution in [0.15, 0.2) is 65.8 Å². The monoisotopic (exact) mass is 577 g/mol. The van der Waals surface area contributed by atoms with Crippen molar-refractivity contribution in [2.24, 2.45) is 11.7 Å². The van der Waals surface area contributed by atoms with Crippen molar-refractivity contribution in [2.75, 3.05) is 19.8 Å². The van der Waals surface area contributed by atoms with Crippen LogP contribution in [0.5, 0.6) is 5.75 Å². The fraction of sp³-hybridized carbons (Fsp3) is 0.333. The fourth-order valence-electron chi connectivity index (χ4n) is 4.82. The maximum absolute atomic E-state index is 12.4. The molecule has 0 saturated carbocycles. The van der Waals surface area contributed by atoms with Gasteiger partial charge in [-0.3, -0.25) is 4.98 Å². The smallest absolute Gasteiger partial charge is 0.404 e. The lowest BCUT2D eigenvalue weighted by molar-refractivity contribution is 0.143. The van der Waals surface area contributed by atoms with E-state index in [-0.39, 0.29) is 36.5 Å². The zero-order valence-corrected chi connectivity index (χ0v) is 22.9. The summed E-state index contributed by atoms with van der Waals surface area (Å²) in [6.45, 7) is 0.514. The van der Waals surface area contributed by atoms with Crippen molar-refractivity contribution in [3.63, 3.8) is 0 Å². The van der Waals surface area contributed by atoms with Gasteiger partial charge in [0.15, 0.2) is 0 Å². The number of ether oxygens (including phenoxy) is 2. The fourth-order valence-corrected chi connectivity index (χ4v) is 6.12. The van der Waals surface area contributed by atoms with Gasteiger partial charge < -0.3 is 15.2 Å². The molecule has 1 heterocycles. The van der Waals surface area contributed by atoms with Gasteiger partial charge in [0.1, 0.15) is 17.3 Å². The number of aryl methyl sites for hydroxylation is 1. The summed E-state index contributed by atoms with van der Waals surface area (Å²) in [6.07, 6.45) is 5.26. The van der Waals surface area contributed by atoms with Crippen LogP contribution in [0.1, 0.15) is 35.4 Å². The highest BCUT2D eigenvalue weighted by atomic mass is 35.5. The van der Waals surface area contributed by atoms with Gasteiger partial charge in [-0.15, -0.1) is 0 Å². The van der Waals surface area contributed by atoms with E-state index in [9.17, 15) is 13.2 Å². The van der Waals surface area contributed by atoms with Crippen LogP contribution >= 0.6 is 23.2 Å². The van der Waals surface area contributed by atoms with Crippen LogP contribution in [0.25, 0.3) is 0 Å². The Morgan fingerprint density at radius 1 is 1.11 bits per heavy atom. The molecule has 202 valence electrons. The average Bonchev–Trinajstić information content (AvgIpc) is 2.90. The number of aromatic nitrogens is 1. The second-order valence-electron chi connectivity index (χ2n) is 9.11. The molecule has 38 heavy (non-hydrogen) atoms. The van der Waals surface area contributed by atoms with Crippen molar-refractivity contribution in [1.29, 1.82) is 0 Å². The average molecular weight is 579 g/mol. The number of nitrogens with one attached hydrogen (secondary N) is 1. The lowest BCUT2D eigenvalue weighted by Gasteiger charge is -2.34. The Balaban J connectivity index is 1.47. The van der Waals surface area contributed by atoms with Gasteiger partial charge in [-0.25, -0.2) is 17.9 Å². The standard InChI is InChI=1S/C27H29Cl2N3O5S/c28-25-8-3-18(15-26(25)29)14-23-20(9-12-37-27(30)33)5-4-19-6-7-21(16-24(19)23)36-13-11-32-38(34,35)22-2-1-10-31-17-22/h1-3,6-8,10,15-17,20,23,32H,4-5,9,11-14H2,(H2,30,33). The van der Waals surface area contributed by atoms with E-state index in [1.165, 1.54) is 24.0 Å². The Morgan fingerprint density at radius 3 is 2.68 bits per heavy atom. The first-order chi connectivity index (χ1) is 18.2. The van der Waals surface area contributed by atoms with Gasteiger partial charge in [0.05, 0.1) is 16.7 Å². The molecular weight excluding hydrogens is 549 g/mol. The Bertz CT molecular complexity index is 1370. The molecule has 3 aromatic rings. The minimum absolute atomic E-state index is 0.102. The Kier molecular flexibility index (Phi) is 9.49. The van der Waals surface area contributed by atoms with Gasteiger partial charge in [0.2, 0.25) is 10.0 Å². The second kappa shape index (κ2) is 12.8. The van der Waals surface area contributed by atoms with Gasteiger partial charge in [0.25, 0.3) is 0 Å². The highest BCUT2D eigenvalue weighted by Gasteiger charge is 2.30. The number of rotatable bonds is 11. The maximum Gasteiger partial charge on any atom is 0.404 e. The summed E-state index contributed by atoms with van der Waals surface area (Å²) in [5, 5.41) is 1.00. The molecule has 2 unspecified atom stereocenters. The molecule has 0 spiro atoms. The van der Waals surface area contributed by atoms with Crippen LogP contribution in [-0.2, 0) is 27.6 Å². The summed E-state index contributed by atoms with van der Waals surface area (Å²) in [4.78, 5) is 15.1. The number of fused-ring (bicyclic) bond motifs is 1. The molecule has 1 aromatic heterocycles. The number of primary amides is 1. The first-order valence-corrected chi connectivity index (χ1v) is 14.5. The number of amides is 1. The topological polar surface area (TPSA) is 121 Å². The van der Waals surface area contributed by atoms with Crippen molar-refractivity contribution < 1.29 is 22.7 Å². The largest absolute Gasteiger partial charge is 0.492 e. The molecule has 2 aromatic carbocycles. The Morgan fingerprint density at radius 2 is 1.95 bits per heavy atom. The summed E-state index contributed by atoms with van der Waals surface area (Å²) in [7, 11) is -3.66. The zero-order chi connectivity index (χ0) is 27.1. The number of nitrogens with two attached hydrogens (primary N) is 1. The van der Waals surface area contributed by atoms with Crippen LogP contribution < -0.4 is 15.2 Å². The molecule has 4 rings (SSSR count). The molecule has 1 aliphatic carbocycles. The molecule has 0 radical (unpaired) electrons. The van der Waals surface area contributed by atoms with Crippen LogP contribution in [0.3, 0.4) is 0 Å². The first-order valence-electron chi connectivity index (χ1n) is 12.2. The third-order valence-electron chi connectivity index (χ3n) is 6.65. The number of benzene rings is 2. The van der Waals surface area contributed by atoms with Crippen LogP contribution in [0.4, 0.5) is 4.79 Å². The van der Waals surface area contributed by atoms with Crippen LogP contribution in [0.2, 0.25) is 10.0 Å². The van der Waals surface area contributed by atoms with E-state index in [1.807, 2.05) is 24.3 Å². The third-order valence-corrected chi connectivity index (χ3v) is 8.84. The van der Waals surface area contributed by atoms with Gasteiger partial charge in [-0.1, -0.05) is 35.3 Å². The molecule has 11 heteroatoms. The first kappa shape index (κ1) is 28.2. The van der Waals surface area contributed by atoms with Crippen molar-refractivity contribution in [3.8, 4) is 5.75 Å². The van der Waals surface area contributed by atoms with Gasteiger partial charge >= 0.3 is 6.09 Å². The highest BCUT2D eigenvalue weighted by molar-refractivity contribution is 7.89. The summed E-state index contributed by atoms with van der Waals surface area (Å²) in [6, 6.07) is 14.7. The third kappa shape index (κ3) is 7.38. The van der Waals surface area contributed by atoms with Gasteiger partial charge in [0, 0.05) is 18.9 Å². The molecular formula is C27H29Cl2N3O5S. The van der Waals surface area contributed by atoms with E-state index in [0.29, 0.717) is 22.2 Å². The molecule has 3 N–H and O–H groups in total. The van der Waals surface area contributed by atoms with Crippen molar-refractivity contribution >= 4 is 39.3 Å². The summed E-state index contributed by atoms with van der Waals surface area (Å²) < 4.78 is 38.3. The molecule has 1 aliphatic rings. The lowest BCUT2D eigenvalue weighted by Crippen LogP contribution is -2.28. The highest BCUT2D eigenvalue weighted by Crippen LogP contribution is 2.42. The summed E-state index contributed by atoms with van der Waals surface area (Å²) in [5.41, 5.74) is 8.59. The number of carbonyl (C=O) groups is 1. The molecule has 1 amide bonds. The van der Waals surface area contributed by atoms with E-state index < -0.39 is 16.1 Å². The van der Waals surface area contributed by atoms with Crippen LogP contribution in [-0.4, -0.2) is 39.3 Å². The van der Waals surface area contributed by atoms with E-state index in [2.05, 4.69) is 15.8 Å². The minimum Gasteiger partial charge on any atom is -0.492 e. The van der Waals surface area contributed by atoms with E-state index in [4.69, 9.17) is 38.4 Å². The summed E-state index contributed by atoms with van der Waals surface area (Å²) >= 11 is 12.4. The molecule has 2 atom stereocenters. The lowest BCUT2D eigenvalue weighted by atomic mass is 9.71. The molecule has 0 fully saturated rings. The predicted octanol–water partition coefficient (Wildman–Crippen LogP) is 5.12. The zero-order valence-electron chi connectivity index (χ0n) is 20.6. The number of carbonyl (C=O) groups excluding carboxylic acids is 1. The molecule has 0 saturated heterocycles. The van der Waals surface area contributed by atoms with E-state index in [1.54, 1.807) is 12.1 Å². The number of hydrogen-bond acceptors (Lipinski definition) is 6. The maximum atomic E-state index is 12.4. The molecule has 0 aliphatic heterocycles.